The van der Waals surface area contributed by atoms with Crippen molar-refractivity contribution in [2.45, 2.75) is 37.4 Å². The summed E-state index contributed by atoms with van der Waals surface area (Å²) < 4.78 is 38.1. The summed E-state index contributed by atoms with van der Waals surface area (Å²) in [6.07, 6.45) is -3.66. The smallest absolute Gasteiger partial charge is 0.416 e. The van der Waals surface area contributed by atoms with Gasteiger partial charge in [-0.2, -0.15) is 13.2 Å². The van der Waals surface area contributed by atoms with Crippen molar-refractivity contribution in [3.8, 4) is 0 Å². The molecule has 21 heavy (non-hydrogen) atoms. The minimum atomic E-state index is -4.48. The summed E-state index contributed by atoms with van der Waals surface area (Å²) in [4.78, 5) is 22.9. The van der Waals surface area contributed by atoms with Crippen LogP contribution < -0.4 is 5.32 Å². The summed E-state index contributed by atoms with van der Waals surface area (Å²) in [7, 11) is 0. The Morgan fingerprint density at radius 3 is 2.43 bits per heavy atom. The Kier molecular flexibility index (Phi) is 3.69. The van der Waals surface area contributed by atoms with Crippen molar-refractivity contribution in [3.63, 3.8) is 0 Å². The van der Waals surface area contributed by atoms with Gasteiger partial charge in [0.15, 0.2) is 0 Å². The molecule has 1 aliphatic carbocycles. The Hall–Kier alpha value is -2.05. The fourth-order valence-electron chi connectivity index (χ4n) is 2.16. The maximum Gasteiger partial charge on any atom is 0.416 e. The molecule has 1 aromatic carbocycles. The number of hydrogen-bond donors (Lipinski definition) is 2. The van der Waals surface area contributed by atoms with Crippen LogP contribution >= 0.6 is 0 Å². The van der Waals surface area contributed by atoms with Crippen LogP contribution in [0, 0.1) is 0 Å². The van der Waals surface area contributed by atoms with Gasteiger partial charge in [0.05, 0.1) is 11.0 Å². The summed E-state index contributed by atoms with van der Waals surface area (Å²) in [5, 5.41) is 11.1. The molecule has 1 fully saturated rings. The minimum Gasteiger partial charge on any atom is -0.480 e. The quantitative estimate of drug-likeness (QED) is 0.897. The highest BCUT2D eigenvalue weighted by Crippen LogP contribution is 2.49. The number of aliphatic carboxylic acids is 1. The van der Waals surface area contributed by atoms with Gasteiger partial charge in [0.1, 0.15) is 6.04 Å². The van der Waals surface area contributed by atoms with Crippen LogP contribution in [-0.4, -0.2) is 23.0 Å². The maximum atomic E-state index is 12.7. The van der Waals surface area contributed by atoms with E-state index in [9.17, 15) is 22.8 Å². The first-order valence-corrected chi connectivity index (χ1v) is 6.38. The molecule has 2 N–H and O–H groups in total. The fourth-order valence-corrected chi connectivity index (χ4v) is 2.16. The zero-order valence-electron chi connectivity index (χ0n) is 11.2. The number of carboxylic acids is 1. The van der Waals surface area contributed by atoms with Gasteiger partial charge in [-0.15, -0.1) is 0 Å². The number of alkyl halides is 3. The molecule has 0 heterocycles. The van der Waals surface area contributed by atoms with Crippen LogP contribution in [0.2, 0.25) is 0 Å². The van der Waals surface area contributed by atoms with Gasteiger partial charge in [0.25, 0.3) is 0 Å². The fraction of sp³-hybridized carbons (Fsp3) is 0.429. The highest BCUT2D eigenvalue weighted by molar-refractivity contribution is 5.93. The number of carbonyl (C=O) groups excluding carboxylic acids is 1. The molecule has 4 nitrogen and oxygen atoms in total. The van der Waals surface area contributed by atoms with Crippen molar-refractivity contribution in [3.05, 3.63) is 35.4 Å². The molecular weight excluding hydrogens is 287 g/mol. The number of rotatable bonds is 4. The Balaban J connectivity index is 2.25. The van der Waals surface area contributed by atoms with Gasteiger partial charge in [0.2, 0.25) is 5.91 Å². The maximum absolute atomic E-state index is 12.7. The lowest BCUT2D eigenvalue weighted by atomic mass is 9.93. The number of hydrogen-bond acceptors (Lipinski definition) is 2. The lowest BCUT2D eigenvalue weighted by Gasteiger charge is -2.19. The van der Waals surface area contributed by atoms with Gasteiger partial charge in [-0.3, -0.25) is 9.59 Å². The Morgan fingerprint density at radius 1 is 1.33 bits per heavy atom. The van der Waals surface area contributed by atoms with Crippen molar-refractivity contribution in [1.29, 1.82) is 0 Å². The van der Waals surface area contributed by atoms with E-state index in [-0.39, 0.29) is 5.56 Å². The van der Waals surface area contributed by atoms with Gasteiger partial charge in [0, 0.05) is 0 Å². The van der Waals surface area contributed by atoms with Crippen LogP contribution in [0.25, 0.3) is 0 Å². The van der Waals surface area contributed by atoms with E-state index < -0.39 is 35.1 Å². The van der Waals surface area contributed by atoms with Gasteiger partial charge >= 0.3 is 12.1 Å². The molecule has 0 aliphatic heterocycles. The lowest BCUT2D eigenvalue weighted by Crippen LogP contribution is -2.44. The summed E-state index contributed by atoms with van der Waals surface area (Å²) in [6.45, 7) is 1.31. The predicted molar refractivity (Wildman–Crippen MR) is 67.6 cm³/mol. The molecule has 0 aromatic heterocycles. The third-order valence-corrected chi connectivity index (χ3v) is 3.65. The first-order valence-electron chi connectivity index (χ1n) is 6.38. The number of nitrogens with one attached hydrogen (secondary N) is 1. The Morgan fingerprint density at radius 2 is 1.95 bits per heavy atom. The summed E-state index contributed by atoms with van der Waals surface area (Å²) in [5.74, 6) is -1.74. The number of halogens is 3. The third-order valence-electron chi connectivity index (χ3n) is 3.65. The zero-order valence-corrected chi connectivity index (χ0v) is 11.2. The predicted octanol–water partition coefficient (Wildman–Crippen LogP) is 2.33. The van der Waals surface area contributed by atoms with E-state index in [0.717, 1.165) is 12.1 Å². The average Bonchev–Trinajstić information content (AvgIpc) is 3.19. The molecule has 0 radical (unpaired) electrons. The van der Waals surface area contributed by atoms with Gasteiger partial charge in [-0.1, -0.05) is 18.2 Å². The average molecular weight is 301 g/mol. The van der Waals surface area contributed by atoms with Crippen molar-refractivity contribution >= 4 is 11.9 Å². The highest BCUT2D eigenvalue weighted by atomic mass is 19.4. The van der Waals surface area contributed by atoms with E-state index in [1.165, 1.54) is 19.1 Å². The molecule has 0 spiro atoms. The molecule has 1 unspecified atom stereocenters. The molecular formula is C14H14F3NO3. The van der Waals surface area contributed by atoms with Crippen LogP contribution in [0.15, 0.2) is 24.3 Å². The Bertz CT molecular complexity index is 579. The van der Waals surface area contributed by atoms with Crippen molar-refractivity contribution in [1.82, 2.24) is 5.32 Å². The number of benzene rings is 1. The van der Waals surface area contributed by atoms with Crippen LogP contribution in [0.4, 0.5) is 13.2 Å². The second-order valence-electron chi connectivity index (χ2n) is 5.19. The van der Waals surface area contributed by atoms with E-state index in [1.807, 2.05) is 0 Å². The normalized spacial score (nSPS) is 17.9. The standard InChI is InChI=1S/C14H14F3NO3/c1-8(11(19)20)18-12(21)13(5-6-13)9-3-2-4-10(7-9)14(15,16)17/h2-4,7-8H,5-6H2,1H3,(H,18,21)(H,19,20). The SMILES string of the molecule is CC(NC(=O)C1(c2cccc(C(F)(F)F)c2)CC1)C(=O)O. The molecule has 1 atom stereocenters. The summed E-state index contributed by atoms with van der Waals surface area (Å²) in [6, 6.07) is 3.54. The van der Waals surface area contributed by atoms with E-state index in [0.29, 0.717) is 12.8 Å². The number of amides is 1. The molecule has 1 aromatic rings. The molecule has 0 saturated heterocycles. The molecule has 7 heteroatoms. The molecule has 2 rings (SSSR count). The topological polar surface area (TPSA) is 66.4 Å². The van der Waals surface area contributed by atoms with Crippen LogP contribution in [0.1, 0.15) is 30.9 Å². The minimum absolute atomic E-state index is 0.271. The molecule has 1 saturated carbocycles. The molecule has 114 valence electrons. The summed E-state index contributed by atoms with van der Waals surface area (Å²) in [5.41, 5.74) is -1.58. The van der Waals surface area contributed by atoms with Gasteiger partial charge in [-0.05, 0) is 31.4 Å². The number of carboxylic acid groups (broad SMARTS) is 1. The largest absolute Gasteiger partial charge is 0.480 e. The Labute approximate surface area is 119 Å². The zero-order chi connectivity index (χ0) is 15.8. The van der Waals surface area contributed by atoms with E-state index in [4.69, 9.17) is 5.11 Å². The van der Waals surface area contributed by atoms with E-state index in [1.54, 1.807) is 0 Å². The van der Waals surface area contributed by atoms with Crippen LogP contribution in [-0.2, 0) is 21.2 Å². The van der Waals surface area contributed by atoms with E-state index in [2.05, 4.69) is 5.32 Å². The van der Waals surface area contributed by atoms with Crippen LogP contribution in [0.3, 0.4) is 0 Å². The van der Waals surface area contributed by atoms with Gasteiger partial charge < -0.3 is 10.4 Å². The highest BCUT2D eigenvalue weighted by Gasteiger charge is 2.52. The van der Waals surface area contributed by atoms with Crippen LogP contribution in [0.5, 0.6) is 0 Å². The van der Waals surface area contributed by atoms with Crippen molar-refractivity contribution < 1.29 is 27.9 Å². The second-order valence-corrected chi connectivity index (χ2v) is 5.19. The molecule has 1 amide bonds. The third kappa shape index (κ3) is 3.01. The summed E-state index contributed by atoms with van der Waals surface area (Å²) >= 11 is 0. The first-order chi connectivity index (χ1) is 9.67. The lowest BCUT2D eigenvalue weighted by molar-refractivity contribution is -0.141. The molecule has 0 bridgehead atoms. The monoisotopic (exact) mass is 301 g/mol. The number of carbonyl (C=O) groups is 2. The first kappa shape index (κ1) is 15.3. The van der Waals surface area contributed by atoms with Gasteiger partial charge in [-0.25, -0.2) is 0 Å². The molecule has 1 aliphatic rings. The van der Waals surface area contributed by atoms with Crippen molar-refractivity contribution in [2.75, 3.05) is 0 Å². The van der Waals surface area contributed by atoms with E-state index >= 15 is 0 Å². The second kappa shape index (κ2) is 5.05. The van der Waals surface area contributed by atoms with Crippen molar-refractivity contribution in [2.24, 2.45) is 0 Å².